The van der Waals surface area contributed by atoms with Crippen LogP contribution in [0.25, 0.3) is 5.69 Å². The van der Waals surface area contributed by atoms with Crippen LogP contribution in [0.1, 0.15) is 55.5 Å². The minimum Gasteiger partial charge on any atom is -0.349 e. The standard InChI is InChI=1S/C18H25N5O/c1-13-8-9-16(10-14(13)2)23-17(20-21-22-23)12-19-18(24)11-15-6-4-3-5-7-15/h8-10,15H,3-7,11-12H2,1-2H3,(H,19,24). The first-order valence-corrected chi connectivity index (χ1v) is 8.75. The lowest BCUT2D eigenvalue weighted by molar-refractivity contribution is -0.122. The van der Waals surface area contributed by atoms with Gasteiger partial charge in [-0.1, -0.05) is 25.3 Å². The van der Waals surface area contributed by atoms with Crippen LogP contribution in [0.4, 0.5) is 0 Å². The molecular weight excluding hydrogens is 302 g/mol. The molecule has 0 aliphatic heterocycles. The van der Waals surface area contributed by atoms with Gasteiger partial charge in [-0.3, -0.25) is 4.79 Å². The van der Waals surface area contributed by atoms with Crippen LogP contribution in [0.2, 0.25) is 0 Å². The summed E-state index contributed by atoms with van der Waals surface area (Å²) >= 11 is 0. The third-order valence-electron chi connectivity index (χ3n) is 4.91. The highest BCUT2D eigenvalue weighted by molar-refractivity contribution is 5.76. The molecule has 3 rings (SSSR count). The van der Waals surface area contributed by atoms with Crippen molar-refractivity contribution in [1.29, 1.82) is 0 Å². The summed E-state index contributed by atoms with van der Waals surface area (Å²) in [4.78, 5) is 12.2. The van der Waals surface area contributed by atoms with Crippen LogP contribution in [0, 0.1) is 19.8 Å². The van der Waals surface area contributed by atoms with E-state index in [1.54, 1.807) is 4.68 Å². The Kier molecular flexibility index (Phi) is 5.23. The van der Waals surface area contributed by atoms with Crippen molar-refractivity contribution in [2.75, 3.05) is 0 Å². The van der Waals surface area contributed by atoms with E-state index in [0.717, 1.165) is 5.69 Å². The molecule has 0 saturated heterocycles. The van der Waals surface area contributed by atoms with Gasteiger partial charge >= 0.3 is 0 Å². The monoisotopic (exact) mass is 327 g/mol. The van der Waals surface area contributed by atoms with E-state index in [2.05, 4.69) is 46.8 Å². The largest absolute Gasteiger partial charge is 0.349 e. The molecule has 0 spiro atoms. The summed E-state index contributed by atoms with van der Waals surface area (Å²) in [7, 11) is 0. The van der Waals surface area contributed by atoms with Crippen LogP contribution in [0.5, 0.6) is 0 Å². The number of benzene rings is 1. The number of hydrogen-bond donors (Lipinski definition) is 1. The van der Waals surface area contributed by atoms with Gasteiger partial charge in [0.1, 0.15) is 0 Å². The Morgan fingerprint density at radius 3 is 2.75 bits per heavy atom. The highest BCUT2D eigenvalue weighted by Gasteiger charge is 2.17. The predicted octanol–water partition coefficient (Wildman–Crippen LogP) is 2.87. The highest BCUT2D eigenvalue weighted by atomic mass is 16.1. The van der Waals surface area contributed by atoms with Crippen molar-refractivity contribution in [2.24, 2.45) is 5.92 Å². The molecule has 1 aliphatic carbocycles. The van der Waals surface area contributed by atoms with Crippen LogP contribution >= 0.6 is 0 Å². The summed E-state index contributed by atoms with van der Waals surface area (Å²) in [5.41, 5.74) is 3.34. The first-order chi connectivity index (χ1) is 11.6. The Morgan fingerprint density at radius 1 is 1.21 bits per heavy atom. The van der Waals surface area contributed by atoms with Crippen molar-refractivity contribution in [1.82, 2.24) is 25.5 Å². The lowest BCUT2D eigenvalue weighted by Crippen LogP contribution is -2.27. The van der Waals surface area contributed by atoms with E-state index in [0.29, 0.717) is 24.7 Å². The van der Waals surface area contributed by atoms with Gasteiger partial charge in [0, 0.05) is 6.42 Å². The SMILES string of the molecule is Cc1ccc(-n2nnnc2CNC(=O)CC2CCCCC2)cc1C. The number of tetrazole rings is 1. The van der Waals surface area contributed by atoms with Gasteiger partial charge < -0.3 is 5.32 Å². The third kappa shape index (κ3) is 3.99. The second kappa shape index (κ2) is 7.55. The second-order valence-corrected chi connectivity index (χ2v) is 6.76. The molecule has 1 heterocycles. The Morgan fingerprint density at radius 2 is 2.00 bits per heavy atom. The number of nitrogens with one attached hydrogen (secondary N) is 1. The number of aryl methyl sites for hydroxylation is 2. The lowest BCUT2D eigenvalue weighted by atomic mass is 9.87. The summed E-state index contributed by atoms with van der Waals surface area (Å²) in [6.07, 6.45) is 6.78. The molecule has 1 aromatic carbocycles. The molecule has 1 saturated carbocycles. The lowest BCUT2D eigenvalue weighted by Gasteiger charge is -2.20. The maximum absolute atomic E-state index is 12.2. The zero-order valence-electron chi connectivity index (χ0n) is 14.5. The fraction of sp³-hybridized carbons (Fsp3) is 0.556. The minimum atomic E-state index is 0.0940. The molecule has 0 unspecified atom stereocenters. The fourth-order valence-electron chi connectivity index (χ4n) is 3.28. The maximum atomic E-state index is 12.2. The summed E-state index contributed by atoms with van der Waals surface area (Å²) < 4.78 is 1.69. The highest BCUT2D eigenvalue weighted by Crippen LogP contribution is 2.26. The van der Waals surface area contributed by atoms with Crippen LogP contribution in [-0.4, -0.2) is 26.1 Å². The molecule has 0 bridgehead atoms. The van der Waals surface area contributed by atoms with Gasteiger partial charge in [0.2, 0.25) is 5.91 Å². The van der Waals surface area contributed by atoms with Gasteiger partial charge in [-0.05, 0) is 66.3 Å². The molecule has 2 aromatic rings. The van der Waals surface area contributed by atoms with Gasteiger partial charge in [0.05, 0.1) is 12.2 Å². The van der Waals surface area contributed by atoms with Crippen molar-refractivity contribution < 1.29 is 4.79 Å². The van der Waals surface area contributed by atoms with Gasteiger partial charge in [-0.15, -0.1) is 5.10 Å². The number of aromatic nitrogens is 4. The quantitative estimate of drug-likeness (QED) is 0.916. The zero-order chi connectivity index (χ0) is 16.9. The average Bonchev–Trinajstić information content (AvgIpc) is 3.05. The molecule has 0 radical (unpaired) electrons. The molecule has 1 aromatic heterocycles. The molecule has 6 heteroatoms. The van der Waals surface area contributed by atoms with E-state index < -0.39 is 0 Å². The Labute approximate surface area is 142 Å². The van der Waals surface area contributed by atoms with Gasteiger partial charge in [-0.2, -0.15) is 4.68 Å². The van der Waals surface area contributed by atoms with E-state index >= 15 is 0 Å². The maximum Gasteiger partial charge on any atom is 0.220 e. The van der Waals surface area contributed by atoms with E-state index in [-0.39, 0.29) is 5.91 Å². The number of nitrogens with zero attached hydrogens (tertiary/aromatic N) is 4. The number of hydrogen-bond acceptors (Lipinski definition) is 4. The van der Waals surface area contributed by atoms with E-state index in [4.69, 9.17) is 0 Å². The van der Waals surface area contributed by atoms with Crippen LogP contribution in [0.3, 0.4) is 0 Å². The van der Waals surface area contributed by atoms with Crippen molar-refractivity contribution in [3.05, 3.63) is 35.2 Å². The molecule has 128 valence electrons. The number of carbonyl (C=O) groups excluding carboxylic acids is 1. The van der Waals surface area contributed by atoms with Crippen LogP contribution < -0.4 is 5.32 Å². The number of amides is 1. The van der Waals surface area contributed by atoms with Crippen LogP contribution in [0.15, 0.2) is 18.2 Å². The van der Waals surface area contributed by atoms with E-state index in [9.17, 15) is 4.79 Å². The average molecular weight is 327 g/mol. The molecule has 1 N–H and O–H groups in total. The summed E-state index contributed by atoms with van der Waals surface area (Å²) in [5, 5.41) is 14.8. The zero-order valence-corrected chi connectivity index (χ0v) is 14.5. The van der Waals surface area contributed by atoms with E-state index in [1.807, 2.05) is 6.07 Å². The van der Waals surface area contributed by atoms with Crippen molar-refractivity contribution >= 4 is 5.91 Å². The van der Waals surface area contributed by atoms with Crippen LogP contribution in [-0.2, 0) is 11.3 Å². The van der Waals surface area contributed by atoms with E-state index in [1.165, 1.54) is 43.2 Å². The van der Waals surface area contributed by atoms with Crippen molar-refractivity contribution in [3.63, 3.8) is 0 Å². The fourth-order valence-corrected chi connectivity index (χ4v) is 3.28. The Bertz CT molecular complexity index is 703. The summed E-state index contributed by atoms with van der Waals surface area (Å²) in [6.45, 7) is 4.49. The molecule has 24 heavy (non-hydrogen) atoms. The number of rotatable bonds is 5. The molecule has 1 amide bonds. The topological polar surface area (TPSA) is 72.7 Å². The Balaban J connectivity index is 1.61. The molecule has 1 fully saturated rings. The minimum absolute atomic E-state index is 0.0940. The molecular formula is C18H25N5O. The Hall–Kier alpha value is -2.24. The molecule has 0 atom stereocenters. The van der Waals surface area contributed by atoms with Crippen molar-refractivity contribution in [2.45, 2.75) is 58.9 Å². The first-order valence-electron chi connectivity index (χ1n) is 8.75. The summed E-state index contributed by atoms with van der Waals surface area (Å²) in [5.74, 6) is 1.28. The second-order valence-electron chi connectivity index (χ2n) is 6.76. The first kappa shape index (κ1) is 16.6. The predicted molar refractivity (Wildman–Crippen MR) is 91.7 cm³/mol. The third-order valence-corrected chi connectivity index (χ3v) is 4.91. The van der Waals surface area contributed by atoms with Gasteiger partial charge in [-0.25, -0.2) is 0 Å². The van der Waals surface area contributed by atoms with Crippen molar-refractivity contribution in [3.8, 4) is 5.69 Å². The van der Waals surface area contributed by atoms with Gasteiger partial charge in [0.25, 0.3) is 0 Å². The summed E-state index contributed by atoms with van der Waals surface area (Å²) in [6, 6.07) is 6.10. The molecule has 1 aliphatic rings. The van der Waals surface area contributed by atoms with Gasteiger partial charge in [0.15, 0.2) is 5.82 Å². The molecule has 6 nitrogen and oxygen atoms in total. The number of carbonyl (C=O) groups is 1. The normalized spacial score (nSPS) is 15.4. The smallest absolute Gasteiger partial charge is 0.220 e.